The third-order valence-electron chi connectivity index (χ3n) is 3.10. The standard InChI is InChI=1S/C15H14N4O5/c1-8-4-12(19-24-8)13(20)16-15-18-17-14(23-15)9-5-10(21-2)7-11(6-9)22-3/h4-7H,1-3H3,(H,16,18,20). The molecule has 9 nitrogen and oxygen atoms in total. The van der Waals surface area contributed by atoms with E-state index in [1.807, 2.05) is 0 Å². The van der Waals surface area contributed by atoms with Crippen LogP contribution in [0.2, 0.25) is 0 Å². The first-order chi connectivity index (χ1) is 11.6. The van der Waals surface area contributed by atoms with Crippen LogP contribution < -0.4 is 14.8 Å². The predicted octanol–water partition coefficient (Wildman–Crippen LogP) is 2.30. The van der Waals surface area contributed by atoms with E-state index < -0.39 is 5.91 Å². The molecule has 0 aliphatic heterocycles. The van der Waals surface area contributed by atoms with Crippen molar-refractivity contribution < 1.29 is 23.2 Å². The summed E-state index contributed by atoms with van der Waals surface area (Å²) in [5, 5.41) is 13.8. The second-order valence-electron chi connectivity index (χ2n) is 4.79. The maximum atomic E-state index is 12.0. The normalized spacial score (nSPS) is 10.5. The zero-order valence-corrected chi connectivity index (χ0v) is 13.2. The number of carbonyl (C=O) groups is 1. The Morgan fingerprint density at radius 2 is 1.79 bits per heavy atom. The molecule has 3 aromatic rings. The van der Waals surface area contributed by atoms with Crippen LogP contribution in [0.1, 0.15) is 16.2 Å². The molecule has 0 spiro atoms. The van der Waals surface area contributed by atoms with Gasteiger partial charge in [-0.15, -0.1) is 5.10 Å². The molecule has 0 saturated heterocycles. The Kier molecular flexibility index (Phi) is 4.15. The molecule has 9 heteroatoms. The predicted molar refractivity (Wildman–Crippen MR) is 82.0 cm³/mol. The van der Waals surface area contributed by atoms with Gasteiger partial charge in [0.05, 0.1) is 14.2 Å². The van der Waals surface area contributed by atoms with Gasteiger partial charge in [0, 0.05) is 17.7 Å². The average Bonchev–Trinajstić information content (AvgIpc) is 3.23. The molecule has 1 N–H and O–H groups in total. The van der Waals surface area contributed by atoms with Gasteiger partial charge in [-0.25, -0.2) is 0 Å². The number of hydrogen-bond donors (Lipinski definition) is 1. The fraction of sp³-hybridized carbons (Fsp3) is 0.200. The van der Waals surface area contributed by atoms with Crippen molar-refractivity contribution >= 4 is 11.9 Å². The number of aromatic nitrogens is 3. The van der Waals surface area contributed by atoms with Crippen molar-refractivity contribution in [3.8, 4) is 23.0 Å². The minimum atomic E-state index is -0.509. The van der Waals surface area contributed by atoms with Crippen molar-refractivity contribution in [2.45, 2.75) is 6.92 Å². The Balaban J connectivity index is 1.81. The van der Waals surface area contributed by atoms with Gasteiger partial charge in [-0.3, -0.25) is 10.1 Å². The van der Waals surface area contributed by atoms with Crippen molar-refractivity contribution in [3.05, 3.63) is 35.7 Å². The largest absolute Gasteiger partial charge is 0.497 e. The zero-order chi connectivity index (χ0) is 17.1. The molecule has 124 valence electrons. The molecule has 0 radical (unpaired) electrons. The molecule has 0 saturated carbocycles. The van der Waals surface area contributed by atoms with Crippen LogP contribution in [0.15, 0.2) is 33.2 Å². The fourth-order valence-corrected chi connectivity index (χ4v) is 1.96. The van der Waals surface area contributed by atoms with E-state index >= 15 is 0 Å². The lowest BCUT2D eigenvalue weighted by molar-refractivity contribution is 0.101. The van der Waals surface area contributed by atoms with Gasteiger partial charge < -0.3 is 18.4 Å². The molecule has 0 unspecified atom stereocenters. The van der Waals surface area contributed by atoms with E-state index in [1.165, 1.54) is 20.3 Å². The summed E-state index contributed by atoms with van der Waals surface area (Å²) in [6.07, 6.45) is 0. The topological polar surface area (TPSA) is 113 Å². The van der Waals surface area contributed by atoms with E-state index in [0.717, 1.165) is 0 Å². The number of rotatable bonds is 5. The van der Waals surface area contributed by atoms with Crippen LogP contribution in [0.25, 0.3) is 11.5 Å². The van der Waals surface area contributed by atoms with Gasteiger partial charge in [0.25, 0.3) is 5.91 Å². The Morgan fingerprint density at radius 3 is 2.38 bits per heavy atom. The third-order valence-corrected chi connectivity index (χ3v) is 3.10. The molecule has 3 rings (SSSR count). The van der Waals surface area contributed by atoms with Gasteiger partial charge >= 0.3 is 6.01 Å². The molecule has 24 heavy (non-hydrogen) atoms. The van der Waals surface area contributed by atoms with E-state index in [-0.39, 0.29) is 17.6 Å². The second kappa shape index (κ2) is 6.41. The number of ether oxygens (including phenoxy) is 2. The van der Waals surface area contributed by atoms with E-state index in [9.17, 15) is 4.79 Å². The highest BCUT2D eigenvalue weighted by molar-refractivity contribution is 6.01. The summed E-state index contributed by atoms with van der Waals surface area (Å²) in [5.41, 5.74) is 0.715. The summed E-state index contributed by atoms with van der Waals surface area (Å²) < 4.78 is 20.7. The van der Waals surface area contributed by atoms with Crippen molar-refractivity contribution in [2.24, 2.45) is 0 Å². The van der Waals surface area contributed by atoms with Crippen molar-refractivity contribution in [3.63, 3.8) is 0 Å². The first-order valence-electron chi connectivity index (χ1n) is 6.90. The highest BCUT2D eigenvalue weighted by Gasteiger charge is 2.16. The van der Waals surface area contributed by atoms with Crippen LogP contribution in [0, 0.1) is 6.92 Å². The Labute approximate surface area is 136 Å². The van der Waals surface area contributed by atoms with Gasteiger partial charge in [0.2, 0.25) is 5.89 Å². The van der Waals surface area contributed by atoms with Crippen molar-refractivity contribution in [1.82, 2.24) is 15.4 Å². The fourth-order valence-electron chi connectivity index (χ4n) is 1.96. The lowest BCUT2D eigenvalue weighted by Gasteiger charge is -2.05. The molecule has 0 atom stereocenters. The first-order valence-corrected chi connectivity index (χ1v) is 6.90. The summed E-state index contributed by atoms with van der Waals surface area (Å²) in [7, 11) is 3.08. The van der Waals surface area contributed by atoms with Gasteiger partial charge in [0.15, 0.2) is 5.69 Å². The summed E-state index contributed by atoms with van der Waals surface area (Å²) in [5.74, 6) is 1.37. The highest BCUT2D eigenvalue weighted by Crippen LogP contribution is 2.29. The molecule has 1 aromatic carbocycles. The smallest absolute Gasteiger partial charge is 0.322 e. The van der Waals surface area contributed by atoms with Crippen molar-refractivity contribution in [1.29, 1.82) is 0 Å². The molecule has 2 aromatic heterocycles. The van der Waals surface area contributed by atoms with E-state index in [1.54, 1.807) is 25.1 Å². The number of nitrogens with one attached hydrogen (secondary N) is 1. The number of aryl methyl sites for hydroxylation is 1. The summed E-state index contributed by atoms with van der Waals surface area (Å²) >= 11 is 0. The molecule has 0 bridgehead atoms. The number of methoxy groups -OCH3 is 2. The number of hydrogen-bond acceptors (Lipinski definition) is 8. The van der Waals surface area contributed by atoms with Crippen LogP contribution in [0.3, 0.4) is 0 Å². The number of benzene rings is 1. The molecular weight excluding hydrogens is 316 g/mol. The average molecular weight is 330 g/mol. The SMILES string of the molecule is COc1cc(OC)cc(-c2nnc(NC(=O)c3cc(C)on3)o2)c1. The Bertz CT molecular complexity index is 848. The number of carbonyl (C=O) groups excluding carboxylic acids is 1. The quantitative estimate of drug-likeness (QED) is 0.758. The van der Waals surface area contributed by atoms with Crippen LogP contribution in [0.5, 0.6) is 11.5 Å². The summed E-state index contributed by atoms with van der Waals surface area (Å²) in [4.78, 5) is 12.0. The van der Waals surface area contributed by atoms with E-state index in [4.69, 9.17) is 18.4 Å². The van der Waals surface area contributed by atoms with Gasteiger partial charge in [-0.1, -0.05) is 10.3 Å². The van der Waals surface area contributed by atoms with Gasteiger partial charge in [0.1, 0.15) is 17.3 Å². The number of anilines is 1. The van der Waals surface area contributed by atoms with Crippen molar-refractivity contribution in [2.75, 3.05) is 19.5 Å². The maximum absolute atomic E-state index is 12.0. The number of amides is 1. The lowest BCUT2D eigenvalue weighted by atomic mass is 10.2. The van der Waals surface area contributed by atoms with E-state index in [2.05, 4.69) is 20.7 Å². The monoisotopic (exact) mass is 330 g/mol. The van der Waals surface area contributed by atoms with Gasteiger partial charge in [-0.2, -0.15) is 0 Å². The zero-order valence-electron chi connectivity index (χ0n) is 13.2. The van der Waals surface area contributed by atoms with E-state index in [0.29, 0.717) is 22.8 Å². The van der Waals surface area contributed by atoms with Crippen LogP contribution in [-0.2, 0) is 0 Å². The van der Waals surface area contributed by atoms with Crippen LogP contribution in [-0.4, -0.2) is 35.5 Å². The van der Waals surface area contributed by atoms with Crippen LogP contribution in [0.4, 0.5) is 6.01 Å². The molecule has 0 fully saturated rings. The Hall–Kier alpha value is -3.36. The molecule has 0 aliphatic carbocycles. The molecule has 1 amide bonds. The summed E-state index contributed by atoms with van der Waals surface area (Å²) in [6, 6.07) is 6.58. The van der Waals surface area contributed by atoms with Crippen LogP contribution >= 0.6 is 0 Å². The molecule has 2 heterocycles. The third kappa shape index (κ3) is 3.19. The Morgan fingerprint density at radius 1 is 1.08 bits per heavy atom. The highest BCUT2D eigenvalue weighted by atomic mass is 16.5. The first kappa shape index (κ1) is 15.5. The molecule has 0 aliphatic rings. The summed E-state index contributed by atoms with van der Waals surface area (Å²) in [6.45, 7) is 1.69. The van der Waals surface area contributed by atoms with Gasteiger partial charge in [-0.05, 0) is 19.1 Å². The minimum Gasteiger partial charge on any atom is -0.497 e. The minimum absolute atomic E-state index is 0.0579. The molecular formula is C15H14N4O5. The number of nitrogens with zero attached hydrogens (tertiary/aromatic N) is 3. The lowest BCUT2D eigenvalue weighted by Crippen LogP contribution is -2.12. The maximum Gasteiger partial charge on any atom is 0.322 e. The second-order valence-corrected chi connectivity index (χ2v) is 4.79.